The number of carbonyl (C=O) groups excluding carboxylic acids is 2. The first kappa shape index (κ1) is 25.1. The highest BCUT2D eigenvalue weighted by Crippen LogP contribution is 2.38. The number of nitrogens with one attached hydrogen (secondary N) is 1. The molecule has 3 aromatic rings. The number of hydrogen-bond donors (Lipinski definition) is 1. The van der Waals surface area contributed by atoms with E-state index in [9.17, 15) is 18.4 Å². The van der Waals surface area contributed by atoms with E-state index in [0.717, 1.165) is 28.5 Å². The van der Waals surface area contributed by atoms with Gasteiger partial charge in [-0.05, 0) is 60.0 Å². The highest BCUT2D eigenvalue weighted by atomic mass is 35.5. The van der Waals surface area contributed by atoms with Gasteiger partial charge in [-0.15, -0.1) is 0 Å². The number of thioether (sulfide) groups is 1. The zero-order valence-electron chi connectivity index (χ0n) is 19.6. The minimum absolute atomic E-state index is 0.0778. The van der Waals surface area contributed by atoms with Crippen molar-refractivity contribution < 1.29 is 18.4 Å². The maximum atomic E-state index is 13.6. The molecule has 1 N–H and O–H groups in total. The van der Waals surface area contributed by atoms with Gasteiger partial charge in [-0.1, -0.05) is 53.7 Å². The second-order valence-electron chi connectivity index (χ2n) is 8.73. The van der Waals surface area contributed by atoms with Crippen molar-refractivity contribution in [2.75, 3.05) is 5.32 Å². The highest BCUT2D eigenvalue weighted by Gasteiger charge is 2.39. The lowest BCUT2D eigenvalue weighted by Gasteiger charge is -2.23. The third kappa shape index (κ3) is 5.57. The van der Waals surface area contributed by atoms with Crippen LogP contribution in [0, 0.1) is 18.6 Å². The first-order valence-electron chi connectivity index (χ1n) is 11.5. The molecule has 6 nitrogen and oxygen atoms in total. The molecule has 2 atom stereocenters. The number of aliphatic imine (C=N–C) groups is 1. The predicted octanol–water partition coefficient (Wildman–Crippen LogP) is 6.10. The molecule has 2 aliphatic heterocycles. The molecule has 0 bridgehead atoms. The summed E-state index contributed by atoms with van der Waals surface area (Å²) >= 11 is 7.29. The van der Waals surface area contributed by atoms with Gasteiger partial charge in [0, 0.05) is 23.6 Å². The van der Waals surface area contributed by atoms with Gasteiger partial charge in [-0.2, -0.15) is 10.1 Å². The number of halogens is 3. The van der Waals surface area contributed by atoms with Crippen LogP contribution in [-0.4, -0.2) is 33.0 Å². The summed E-state index contributed by atoms with van der Waals surface area (Å²) in [5.41, 5.74) is 3.64. The van der Waals surface area contributed by atoms with Crippen LogP contribution >= 0.6 is 23.4 Å². The Morgan fingerprint density at radius 1 is 1.08 bits per heavy atom. The van der Waals surface area contributed by atoms with E-state index in [0.29, 0.717) is 28.0 Å². The number of benzene rings is 3. The average molecular weight is 539 g/mol. The number of amidine groups is 1. The largest absolute Gasteiger partial charge is 0.326 e. The minimum atomic E-state index is -0.713. The Morgan fingerprint density at radius 3 is 2.43 bits per heavy atom. The van der Waals surface area contributed by atoms with Crippen molar-refractivity contribution in [3.05, 3.63) is 100 Å². The number of hydrogen-bond acceptors (Lipinski definition) is 5. The van der Waals surface area contributed by atoms with Crippen LogP contribution in [-0.2, 0) is 9.59 Å². The van der Waals surface area contributed by atoms with Crippen molar-refractivity contribution in [2.24, 2.45) is 10.1 Å². The summed E-state index contributed by atoms with van der Waals surface area (Å²) in [6.07, 6.45) is 0.371. The Labute approximate surface area is 221 Å². The quantitative estimate of drug-likeness (QED) is 0.426. The zero-order valence-corrected chi connectivity index (χ0v) is 21.2. The lowest BCUT2D eigenvalue weighted by atomic mass is 9.98. The Hall–Kier alpha value is -3.56. The van der Waals surface area contributed by atoms with Crippen molar-refractivity contribution in [1.82, 2.24) is 5.01 Å². The number of amides is 2. The van der Waals surface area contributed by atoms with Gasteiger partial charge in [0.2, 0.25) is 5.91 Å². The topological polar surface area (TPSA) is 74.1 Å². The van der Waals surface area contributed by atoms with Gasteiger partial charge >= 0.3 is 0 Å². The second-order valence-corrected chi connectivity index (χ2v) is 10.3. The van der Waals surface area contributed by atoms with Crippen molar-refractivity contribution in [3.8, 4) is 0 Å². The Bertz CT molecular complexity index is 1430. The number of anilines is 1. The molecule has 0 saturated heterocycles. The van der Waals surface area contributed by atoms with Crippen LogP contribution in [0.2, 0.25) is 5.02 Å². The molecule has 0 aromatic heterocycles. The fourth-order valence-corrected chi connectivity index (χ4v) is 5.35. The third-order valence-electron chi connectivity index (χ3n) is 6.09. The van der Waals surface area contributed by atoms with Crippen LogP contribution < -0.4 is 5.32 Å². The van der Waals surface area contributed by atoms with E-state index < -0.39 is 11.2 Å². The van der Waals surface area contributed by atoms with Crippen molar-refractivity contribution in [3.63, 3.8) is 0 Å². The fourth-order valence-electron chi connectivity index (χ4n) is 4.10. The summed E-state index contributed by atoms with van der Waals surface area (Å²) in [5.74, 6) is -1.49. The molecule has 0 fully saturated rings. The fraction of sp³-hybridized carbons (Fsp3) is 0.185. The van der Waals surface area contributed by atoms with Crippen molar-refractivity contribution in [1.29, 1.82) is 0 Å². The Kier molecular flexibility index (Phi) is 7.08. The molecule has 0 aliphatic carbocycles. The summed E-state index contributed by atoms with van der Waals surface area (Å²) in [7, 11) is 0. The maximum absolute atomic E-state index is 13.6. The van der Waals surface area contributed by atoms with E-state index in [1.807, 2.05) is 6.92 Å². The average Bonchev–Trinajstić information content (AvgIpc) is 3.46. The molecule has 0 radical (unpaired) electrons. The van der Waals surface area contributed by atoms with E-state index in [2.05, 4.69) is 10.3 Å². The second kappa shape index (κ2) is 10.4. The Balaban J connectivity index is 1.34. The number of hydrazone groups is 1. The van der Waals surface area contributed by atoms with Gasteiger partial charge in [0.05, 0.1) is 11.8 Å². The summed E-state index contributed by atoms with van der Waals surface area (Å²) in [5, 5.41) is 9.27. The van der Waals surface area contributed by atoms with Gasteiger partial charge in [0.1, 0.15) is 16.9 Å². The van der Waals surface area contributed by atoms with Crippen LogP contribution in [0.1, 0.15) is 35.6 Å². The Morgan fingerprint density at radius 2 is 1.76 bits per heavy atom. The molecule has 3 aromatic carbocycles. The first-order valence-corrected chi connectivity index (χ1v) is 12.8. The van der Waals surface area contributed by atoms with Crippen LogP contribution in [0.25, 0.3) is 0 Å². The summed E-state index contributed by atoms with van der Waals surface area (Å²) < 4.78 is 27.0. The van der Waals surface area contributed by atoms with E-state index in [-0.39, 0.29) is 30.0 Å². The third-order valence-corrected chi connectivity index (χ3v) is 7.64. The first-order chi connectivity index (χ1) is 17.8. The van der Waals surface area contributed by atoms with Crippen LogP contribution in [0.5, 0.6) is 0 Å². The van der Waals surface area contributed by atoms with Crippen LogP contribution in [0.4, 0.5) is 14.5 Å². The number of carbonyl (C=O) groups is 2. The molecule has 0 saturated carbocycles. The van der Waals surface area contributed by atoms with Gasteiger partial charge in [0.25, 0.3) is 5.91 Å². The highest BCUT2D eigenvalue weighted by molar-refractivity contribution is 8.15. The van der Waals surface area contributed by atoms with Gasteiger partial charge in [0.15, 0.2) is 5.17 Å². The van der Waals surface area contributed by atoms with Crippen molar-refractivity contribution >= 4 is 51.7 Å². The number of aryl methyl sites for hydroxylation is 1. The number of nitrogens with zero attached hydrogens (tertiary/aromatic N) is 3. The molecule has 188 valence electrons. The molecular formula is C27H21ClF2N4O2S. The minimum Gasteiger partial charge on any atom is -0.326 e. The summed E-state index contributed by atoms with van der Waals surface area (Å²) in [6, 6.07) is 16.9. The van der Waals surface area contributed by atoms with E-state index in [4.69, 9.17) is 16.7 Å². The SMILES string of the molecule is Cc1ccc(NC(=O)C[C@H]2SC(N3N=C(c4ccc(F)cc4)C[C@H]3c3ccc(F)cc3)=NC2=O)cc1Cl. The van der Waals surface area contributed by atoms with Gasteiger partial charge in [-0.25, -0.2) is 13.8 Å². The molecule has 2 aliphatic rings. The van der Waals surface area contributed by atoms with Gasteiger partial charge < -0.3 is 5.32 Å². The molecule has 5 rings (SSSR count). The molecular weight excluding hydrogens is 518 g/mol. The molecule has 2 heterocycles. The smallest absolute Gasteiger partial charge is 0.262 e. The van der Waals surface area contributed by atoms with E-state index in [1.165, 1.54) is 24.3 Å². The summed E-state index contributed by atoms with van der Waals surface area (Å²) in [6.45, 7) is 1.86. The monoisotopic (exact) mass is 538 g/mol. The predicted molar refractivity (Wildman–Crippen MR) is 142 cm³/mol. The van der Waals surface area contributed by atoms with Crippen LogP contribution in [0.3, 0.4) is 0 Å². The molecule has 10 heteroatoms. The van der Waals surface area contributed by atoms with E-state index in [1.54, 1.807) is 47.5 Å². The normalized spacial score (nSPS) is 19.1. The molecule has 37 heavy (non-hydrogen) atoms. The van der Waals surface area contributed by atoms with Crippen molar-refractivity contribution in [2.45, 2.75) is 31.1 Å². The van der Waals surface area contributed by atoms with Gasteiger partial charge in [-0.3, -0.25) is 9.59 Å². The summed E-state index contributed by atoms with van der Waals surface area (Å²) in [4.78, 5) is 29.6. The lowest BCUT2D eigenvalue weighted by molar-refractivity contribution is -0.121. The molecule has 0 unspecified atom stereocenters. The molecule has 0 spiro atoms. The zero-order chi connectivity index (χ0) is 26.1. The molecule has 2 amide bonds. The van der Waals surface area contributed by atoms with Crippen LogP contribution in [0.15, 0.2) is 76.8 Å². The standard InChI is InChI=1S/C27H21ClF2N4O2S/c1-15-2-11-20(12-21(15)28)31-25(35)14-24-26(36)32-27(37-24)34-23(17-5-9-19(30)10-6-17)13-22(33-34)16-3-7-18(29)8-4-16/h2-12,23-24H,13-14H2,1H3,(H,31,35)/t23-,24+/m0/s1. The lowest BCUT2D eigenvalue weighted by Crippen LogP contribution is -2.25. The number of rotatable bonds is 5. The van der Waals surface area contributed by atoms with E-state index >= 15 is 0 Å². The maximum Gasteiger partial charge on any atom is 0.262 e.